The fourth-order valence-corrected chi connectivity index (χ4v) is 4.27. The van der Waals surface area contributed by atoms with Crippen molar-refractivity contribution in [3.05, 3.63) is 0 Å². The number of nitrogens with two attached hydrogens (primary N) is 1. The number of hydrogen-bond acceptors (Lipinski definition) is 2. The third-order valence-electron chi connectivity index (χ3n) is 5.71. The molecule has 0 bridgehead atoms. The maximum atomic E-state index is 6.19. The highest BCUT2D eigenvalue weighted by Gasteiger charge is 2.67. The monoisotopic (exact) mass is 249 g/mol. The lowest BCUT2D eigenvalue weighted by atomic mass is 9.46. The minimum atomic E-state index is 0.371. The van der Waals surface area contributed by atoms with E-state index in [2.05, 4.69) is 11.9 Å². The van der Waals surface area contributed by atoms with Crippen LogP contribution in [0.4, 0.5) is 0 Å². The quantitative estimate of drug-likeness (QED) is 0.594. The lowest BCUT2D eigenvalue weighted by Gasteiger charge is -2.61. The van der Waals surface area contributed by atoms with Crippen molar-refractivity contribution in [1.29, 1.82) is 0 Å². The molecule has 18 heavy (non-hydrogen) atoms. The average molecular weight is 249 g/mol. The van der Waals surface area contributed by atoms with Gasteiger partial charge in [-0.1, -0.05) is 6.42 Å². The first-order valence-electron chi connectivity index (χ1n) is 7.40. The zero-order valence-corrected chi connectivity index (χ0v) is 11.1. The highest BCUT2D eigenvalue weighted by atomic mass is 16.5. The van der Waals surface area contributed by atoms with Gasteiger partial charge in [-0.05, 0) is 32.1 Å². The Morgan fingerprint density at radius 1 is 1.33 bits per heavy atom. The molecule has 4 nitrogen and oxygen atoms in total. The lowest BCUT2D eigenvalue weighted by molar-refractivity contribution is -0.164. The van der Waals surface area contributed by atoms with Crippen LogP contribution in [0.2, 0.25) is 0 Å². The minimum absolute atomic E-state index is 0.371. The Morgan fingerprint density at radius 2 is 2.11 bits per heavy atom. The number of aliphatic imine (C=N–C) groups is 1. The molecule has 4 aliphatic rings. The largest absolute Gasteiger partial charge is 0.377 e. The molecule has 1 aliphatic heterocycles. The highest BCUT2D eigenvalue weighted by molar-refractivity contribution is 5.78. The molecule has 0 amide bonds. The van der Waals surface area contributed by atoms with E-state index in [0.717, 1.165) is 12.6 Å². The van der Waals surface area contributed by atoms with Gasteiger partial charge in [0, 0.05) is 31.0 Å². The van der Waals surface area contributed by atoms with Crippen LogP contribution in [0.5, 0.6) is 0 Å². The van der Waals surface area contributed by atoms with Crippen LogP contribution < -0.4 is 5.73 Å². The summed E-state index contributed by atoms with van der Waals surface area (Å²) in [5, 5.41) is 0. The zero-order chi connectivity index (χ0) is 12.3. The number of hydrogen-bond donors (Lipinski definition) is 1. The molecule has 3 atom stereocenters. The van der Waals surface area contributed by atoms with Gasteiger partial charge >= 0.3 is 0 Å². The van der Waals surface area contributed by atoms with Crippen molar-refractivity contribution < 1.29 is 4.74 Å². The van der Waals surface area contributed by atoms with Gasteiger partial charge in [-0.2, -0.15) is 0 Å². The number of ether oxygens (including phenoxy) is 1. The maximum absolute atomic E-state index is 6.19. The fourth-order valence-electron chi connectivity index (χ4n) is 4.27. The molecule has 3 unspecified atom stereocenters. The van der Waals surface area contributed by atoms with Crippen molar-refractivity contribution in [2.24, 2.45) is 22.1 Å². The van der Waals surface area contributed by atoms with E-state index in [-0.39, 0.29) is 0 Å². The van der Waals surface area contributed by atoms with E-state index < -0.39 is 0 Å². The van der Waals surface area contributed by atoms with Crippen molar-refractivity contribution in [3.8, 4) is 0 Å². The maximum Gasteiger partial charge on any atom is 0.191 e. The summed E-state index contributed by atoms with van der Waals surface area (Å²) < 4.78 is 5.92. The van der Waals surface area contributed by atoms with E-state index in [9.17, 15) is 0 Å². The molecule has 0 aromatic rings. The van der Waals surface area contributed by atoms with Crippen LogP contribution in [0, 0.1) is 11.3 Å². The number of nitrogens with zero attached hydrogens (tertiary/aromatic N) is 2. The van der Waals surface area contributed by atoms with E-state index >= 15 is 0 Å². The second kappa shape index (κ2) is 3.62. The molecule has 4 heteroatoms. The molecule has 0 radical (unpaired) electrons. The van der Waals surface area contributed by atoms with Crippen LogP contribution in [-0.2, 0) is 4.74 Å². The van der Waals surface area contributed by atoms with Gasteiger partial charge in [-0.25, -0.2) is 4.99 Å². The summed E-state index contributed by atoms with van der Waals surface area (Å²) in [5.41, 5.74) is 6.56. The van der Waals surface area contributed by atoms with E-state index in [0.29, 0.717) is 29.5 Å². The lowest BCUT2D eigenvalue weighted by Crippen LogP contribution is -2.66. The summed E-state index contributed by atoms with van der Waals surface area (Å²) >= 11 is 0. The van der Waals surface area contributed by atoms with E-state index in [1.54, 1.807) is 0 Å². The predicted octanol–water partition coefficient (Wildman–Crippen LogP) is 1.35. The van der Waals surface area contributed by atoms with Crippen LogP contribution in [0.1, 0.15) is 38.5 Å². The highest BCUT2D eigenvalue weighted by Crippen LogP contribution is 2.64. The Kier molecular flexibility index (Phi) is 2.23. The van der Waals surface area contributed by atoms with E-state index in [1.807, 2.05) is 0 Å². The number of guanidine groups is 1. The van der Waals surface area contributed by atoms with Crippen LogP contribution >= 0.6 is 0 Å². The second-order valence-corrected chi connectivity index (χ2v) is 6.60. The fraction of sp³-hybridized carbons (Fsp3) is 0.929. The Hall–Kier alpha value is -0.770. The van der Waals surface area contributed by atoms with Crippen molar-refractivity contribution >= 4 is 5.96 Å². The SMILES string of the molecule is CN(C(N)=NC1C2CCOC2C12CCC2)C1CC1. The van der Waals surface area contributed by atoms with Crippen LogP contribution in [0.25, 0.3) is 0 Å². The molecule has 4 fully saturated rings. The van der Waals surface area contributed by atoms with Crippen molar-refractivity contribution in [1.82, 2.24) is 4.90 Å². The number of fused-ring (bicyclic) bond motifs is 2. The molecule has 1 saturated heterocycles. The number of rotatable bonds is 2. The van der Waals surface area contributed by atoms with Gasteiger partial charge < -0.3 is 15.4 Å². The summed E-state index contributed by atoms with van der Waals surface area (Å²) in [6.07, 6.45) is 8.16. The minimum Gasteiger partial charge on any atom is -0.377 e. The molecule has 1 spiro atoms. The second-order valence-electron chi connectivity index (χ2n) is 6.60. The Morgan fingerprint density at radius 3 is 2.72 bits per heavy atom. The summed E-state index contributed by atoms with van der Waals surface area (Å²) in [5.74, 6) is 1.41. The normalized spacial score (nSPS) is 41.2. The molecule has 0 aromatic carbocycles. The molecular formula is C14H23N3O. The molecule has 1 heterocycles. The Balaban J connectivity index is 1.54. The molecule has 2 N–H and O–H groups in total. The topological polar surface area (TPSA) is 50.8 Å². The van der Waals surface area contributed by atoms with E-state index in [1.165, 1.54) is 38.5 Å². The first kappa shape index (κ1) is 11.1. The average Bonchev–Trinajstić information content (AvgIpc) is 3.05. The molecule has 0 aromatic heterocycles. The predicted molar refractivity (Wildman–Crippen MR) is 70.3 cm³/mol. The third kappa shape index (κ3) is 1.33. The summed E-state index contributed by atoms with van der Waals surface area (Å²) in [6, 6.07) is 1.10. The Labute approximate surface area is 109 Å². The van der Waals surface area contributed by atoms with Crippen molar-refractivity contribution in [2.45, 2.75) is 56.7 Å². The van der Waals surface area contributed by atoms with Gasteiger partial charge in [0.1, 0.15) is 0 Å². The van der Waals surface area contributed by atoms with Crippen molar-refractivity contribution in [3.63, 3.8) is 0 Å². The van der Waals surface area contributed by atoms with Gasteiger partial charge in [0.25, 0.3) is 0 Å². The molecular weight excluding hydrogens is 226 g/mol. The molecule has 100 valence electrons. The molecule has 3 aliphatic carbocycles. The first-order valence-corrected chi connectivity index (χ1v) is 7.40. The van der Waals surface area contributed by atoms with Gasteiger partial charge in [0.2, 0.25) is 0 Å². The first-order chi connectivity index (χ1) is 8.72. The summed E-state index contributed by atoms with van der Waals surface area (Å²) in [7, 11) is 2.09. The zero-order valence-electron chi connectivity index (χ0n) is 11.1. The smallest absolute Gasteiger partial charge is 0.191 e. The third-order valence-corrected chi connectivity index (χ3v) is 5.71. The van der Waals surface area contributed by atoms with Gasteiger partial charge in [-0.3, -0.25) is 0 Å². The van der Waals surface area contributed by atoms with Gasteiger partial charge in [0.15, 0.2) is 5.96 Å². The summed E-state index contributed by atoms with van der Waals surface area (Å²) in [4.78, 5) is 7.08. The van der Waals surface area contributed by atoms with Crippen molar-refractivity contribution in [2.75, 3.05) is 13.7 Å². The Bertz CT molecular complexity index is 387. The molecule has 4 rings (SSSR count). The van der Waals surface area contributed by atoms with Crippen LogP contribution in [-0.4, -0.2) is 42.7 Å². The van der Waals surface area contributed by atoms with Gasteiger partial charge in [-0.15, -0.1) is 0 Å². The van der Waals surface area contributed by atoms with Crippen LogP contribution in [0.15, 0.2) is 4.99 Å². The van der Waals surface area contributed by atoms with E-state index in [4.69, 9.17) is 15.5 Å². The van der Waals surface area contributed by atoms with Gasteiger partial charge in [0.05, 0.1) is 12.1 Å². The standard InChI is InChI=1S/C14H23N3O/c1-17(9-3-4-9)13(15)16-11-10-5-8-18-12(10)14(11)6-2-7-14/h9-12H,2-8H2,1H3,(H2,15,16). The van der Waals surface area contributed by atoms with Crippen LogP contribution in [0.3, 0.4) is 0 Å². The summed E-state index contributed by atoms with van der Waals surface area (Å²) in [6.45, 7) is 0.932. The molecule has 3 saturated carbocycles.